The van der Waals surface area contributed by atoms with Gasteiger partial charge in [0, 0.05) is 38.5 Å². The highest BCUT2D eigenvalue weighted by Crippen LogP contribution is 2.39. The SMILES string of the molecule is CC1C=Cc2c(c3ccccc3n2-c2ccc3oc4ccc(-c5ccc6oc7c(c6c5)CC=C7)cc4c3c2)C1.CCCCC. The minimum absolute atomic E-state index is 0.550. The Morgan fingerprint density at radius 1 is 0.705 bits per heavy atom. The number of fused-ring (bicyclic) bond motifs is 9. The van der Waals surface area contributed by atoms with Crippen molar-refractivity contribution >= 4 is 56.0 Å². The molecule has 3 nitrogen and oxygen atoms in total. The minimum Gasteiger partial charge on any atom is -0.456 e. The normalized spacial score (nSPS) is 15.3. The highest BCUT2D eigenvalue weighted by atomic mass is 16.3. The summed E-state index contributed by atoms with van der Waals surface area (Å²) in [5, 5.41) is 4.83. The number of aromatic nitrogens is 1. The van der Waals surface area contributed by atoms with Crippen LogP contribution in [-0.4, -0.2) is 4.57 Å². The molecule has 0 saturated heterocycles. The summed E-state index contributed by atoms with van der Waals surface area (Å²) in [6, 6.07) is 28.4. The highest BCUT2D eigenvalue weighted by Gasteiger charge is 2.22. The number of hydrogen-bond donors (Lipinski definition) is 0. The van der Waals surface area contributed by atoms with Gasteiger partial charge in [0.1, 0.15) is 22.5 Å². The van der Waals surface area contributed by atoms with Crippen molar-refractivity contribution in [2.24, 2.45) is 5.92 Å². The molecule has 0 bridgehead atoms. The van der Waals surface area contributed by atoms with E-state index >= 15 is 0 Å². The van der Waals surface area contributed by atoms with Crippen LogP contribution in [0.2, 0.25) is 0 Å². The summed E-state index contributed by atoms with van der Waals surface area (Å²) in [5.41, 5.74) is 11.6. The van der Waals surface area contributed by atoms with Gasteiger partial charge in [0.25, 0.3) is 0 Å². The number of allylic oxidation sites excluding steroid dienone is 2. The van der Waals surface area contributed by atoms with E-state index in [9.17, 15) is 0 Å². The van der Waals surface area contributed by atoms with Crippen LogP contribution in [0.1, 0.15) is 62.6 Å². The van der Waals surface area contributed by atoms with E-state index in [0.717, 1.165) is 51.8 Å². The molecule has 0 radical (unpaired) electrons. The van der Waals surface area contributed by atoms with Gasteiger partial charge in [-0.25, -0.2) is 0 Å². The van der Waals surface area contributed by atoms with Gasteiger partial charge < -0.3 is 13.4 Å². The van der Waals surface area contributed by atoms with Crippen molar-refractivity contribution in [2.45, 2.75) is 52.9 Å². The number of benzene rings is 4. The second kappa shape index (κ2) is 10.7. The Bertz CT molecular complexity index is 2250. The van der Waals surface area contributed by atoms with Crippen molar-refractivity contribution < 1.29 is 8.83 Å². The predicted molar refractivity (Wildman–Crippen MR) is 186 cm³/mol. The molecule has 1 unspecified atom stereocenters. The zero-order valence-electron chi connectivity index (χ0n) is 25.7. The first-order valence-electron chi connectivity index (χ1n) is 16.1. The summed E-state index contributed by atoms with van der Waals surface area (Å²) < 4.78 is 14.7. The first-order valence-corrected chi connectivity index (χ1v) is 16.1. The molecule has 7 aromatic rings. The molecule has 1 atom stereocenters. The lowest BCUT2D eigenvalue weighted by atomic mass is 9.93. The third-order valence-corrected chi connectivity index (χ3v) is 9.29. The highest BCUT2D eigenvalue weighted by molar-refractivity contribution is 6.07. The topological polar surface area (TPSA) is 31.2 Å². The molecule has 4 aromatic carbocycles. The molecule has 218 valence electrons. The van der Waals surface area contributed by atoms with Crippen LogP contribution in [0, 0.1) is 5.92 Å². The van der Waals surface area contributed by atoms with Gasteiger partial charge in [-0.3, -0.25) is 0 Å². The molecule has 0 aliphatic heterocycles. The molecule has 2 aliphatic rings. The van der Waals surface area contributed by atoms with E-state index in [0.29, 0.717) is 5.92 Å². The second-order valence-electron chi connectivity index (χ2n) is 12.4. The fraction of sp³-hybridized carbons (Fsp3) is 0.220. The van der Waals surface area contributed by atoms with E-state index < -0.39 is 0 Å². The van der Waals surface area contributed by atoms with Gasteiger partial charge in [0.2, 0.25) is 0 Å². The van der Waals surface area contributed by atoms with Crippen molar-refractivity contribution in [2.75, 3.05) is 0 Å². The maximum absolute atomic E-state index is 6.30. The van der Waals surface area contributed by atoms with Gasteiger partial charge in [-0.2, -0.15) is 0 Å². The van der Waals surface area contributed by atoms with Crippen molar-refractivity contribution in [3.8, 4) is 16.8 Å². The smallest absolute Gasteiger partial charge is 0.135 e. The largest absolute Gasteiger partial charge is 0.456 e. The second-order valence-corrected chi connectivity index (χ2v) is 12.4. The molecule has 0 saturated carbocycles. The van der Waals surface area contributed by atoms with Crippen LogP contribution in [0.25, 0.3) is 72.8 Å². The number of furan rings is 2. The van der Waals surface area contributed by atoms with E-state index in [2.05, 4.69) is 129 Å². The molecular weight excluding hydrogens is 538 g/mol. The van der Waals surface area contributed by atoms with Gasteiger partial charge in [0.05, 0.1) is 5.52 Å². The molecule has 0 N–H and O–H groups in total. The lowest BCUT2D eigenvalue weighted by Crippen LogP contribution is -2.05. The fourth-order valence-electron chi connectivity index (χ4n) is 7.05. The van der Waals surface area contributed by atoms with Crippen LogP contribution in [0.3, 0.4) is 0 Å². The maximum atomic E-state index is 6.30. The molecule has 0 spiro atoms. The summed E-state index contributed by atoms with van der Waals surface area (Å²) in [7, 11) is 0. The van der Waals surface area contributed by atoms with E-state index in [1.54, 1.807) is 0 Å². The molecule has 3 heteroatoms. The lowest BCUT2D eigenvalue weighted by Gasteiger charge is -2.15. The first-order chi connectivity index (χ1) is 21.6. The Morgan fingerprint density at radius 3 is 2.18 bits per heavy atom. The van der Waals surface area contributed by atoms with E-state index in [4.69, 9.17) is 8.83 Å². The van der Waals surface area contributed by atoms with E-state index in [1.807, 2.05) is 0 Å². The van der Waals surface area contributed by atoms with Crippen LogP contribution in [0.4, 0.5) is 0 Å². The Labute approximate surface area is 258 Å². The van der Waals surface area contributed by atoms with Crippen molar-refractivity contribution in [1.29, 1.82) is 0 Å². The molecular formula is C41H37NO2. The zero-order chi connectivity index (χ0) is 29.8. The summed E-state index contributed by atoms with van der Waals surface area (Å²) in [6.45, 7) is 6.72. The minimum atomic E-state index is 0.550. The average molecular weight is 576 g/mol. The first kappa shape index (κ1) is 26.8. The summed E-state index contributed by atoms with van der Waals surface area (Å²) in [5.74, 6) is 1.55. The average Bonchev–Trinajstić information content (AvgIpc) is 3.81. The van der Waals surface area contributed by atoms with Crippen LogP contribution < -0.4 is 0 Å². The Kier molecular flexibility index (Phi) is 6.56. The van der Waals surface area contributed by atoms with Crippen molar-refractivity contribution in [3.05, 3.63) is 114 Å². The zero-order valence-corrected chi connectivity index (χ0v) is 25.7. The Hall–Kier alpha value is -4.76. The van der Waals surface area contributed by atoms with Crippen molar-refractivity contribution in [3.63, 3.8) is 0 Å². The standard InChI is InChI=1S/C36H25NO2.C5H12/c1-21-9-13-32-27(17-21)25-5-2-3-7-31(25)37(32)24-12-16-36-30(20-24)29-19-23(11-15-35(29)39-36)22-10-14-34-28(18-22)26-6-4-8-33(26)38-34;1-3-5-4-2/h2-5,7-16,18-21H,6,17H2,1H3;3-5H2,1-2H3. The van der Waals surface area contributed by atoms with Gasteiger partial charge in [-0.05, 0) is 96.1 Å². The predicted octanol–water partition coefficient (Wildman–Crippen LogP) is 11.9. The van der Waals surface area contributed by atoms with Crippen LogP contribution in [0.5, 0.6) is 0 Å². The maximum Gasteiger partial charge on any atom is 0.135 e. The molecule has 0 fully saturated rings. The van der Waals surface area contributed by atoms with Gasteiger partial charge in [-0.15, -0.1) is 0 Å². The molecule has 0 amide bonds. The third kappa shape index (κ3) is 4.33. The lowest BCUT2D eigenvalue weighted by molar-refractivity contribution is 0.603. The molecule has 2 aliphatic carbocycles. The molecule has 3 heterocycles. The number of hydrogen-bond acceptors (Lipinski definition) is 2. The Balaban J connectivity index is 0.000000538. The monoisotopic (exact) mass is 575 g/mol. The van der Waals surface area contributed by atoms with Gasteiger partial charge in [-0.1, -0.05) is 82.5 Å². The quantitative estimate of drug-likeness (QED) is 0.209. The molecule has 3 aromatic heterocycles. The van der Waals surface area contributed by atoms with Gasteiger partial charge >= 0.3 is 0 Å². The summed E-state index contributed by atoms with van der Waals surface area (Å²) in [4.78, 5) is 0. The summed E-state index contributed by atoms with van der Waals surface area (Å²) >= 11 is 0. The van der Waals surface area contributed by atoms with E-state index in [-0.39, 0.29) is 0 Å². The van der Waals surface area contributed by atoms with Gasteiger partial charge in [0.15, 0.2) is 0 Å². The number of unbranched alkanes of at least 4 members (excludes halogenated alkanes) is 2. The van der Waals surface area contributed by atoms with E-state index in [1.165, 1.54) is 63.5 Å². The van der Waals surface area contributed by atoms with Crippen LogP contribution in [-0.2, 0) is 12.8 Å². The fourth-order valence-corrected chi connectivity index (χ4v) is 7.05. The van der Waals surface area contributed by atoms with Crippen LogP contribution >= 0.6 is 0 Å². The third-order valence-electron chi connectivity index (χ3n) is 9.29. The Morgan fingerprint density at radius 2 is 1.41 bits per heavy atom. The number of para-hydroxylation sites is 1. The van der Waals surface area contributed by atoms with Crippen LogP contribution in [0.15, 0.2) is 99.8 Å². The molecule has 9 rings (SSSR count). The number of nitrogens with zero attached hydrogens (tertiary/aromatic N) is 1. The van der Waals surface area contributed by atoms with Crippen molar-refractivity contribution in [1.82, 2.24) is 4.57 Å². The summed E-state index contributed by atoms with van der Waals surface area (Å²) in [6.07, 6.45) is 15.0. The number of rotatable bonds is 4. The molecule has 44 heavy (non-hydrogen) atoms.